The Bertz CT molecular complexity index is 868. The number of hydrogen-bond donors (Lipinski definition) is 1. The molecule has 29 heavy (non-hydrogen) atoms. The van der Waals surface area contributed by atoms with Gasteiger partial charge in [0.15, 0.2) is 0 Å². The van der Waals surface area contributed by atoms with Crippen LogP contribution in [0.4, 0.5) is 24.5 Å². The van der Waals surface area contributed by atoms with E-state index in [4.69, 9.17) is 23.2 Å². The lowest BCUT2D eigenvalue weighted by Gasteiger charge is -2.36. The molecule has 0 aromatic heterocycles. The van der Waals surface area contributed by atoms with Crippen LogP contribution in [0.25, 0.3) is 0 Å². The van der Waals surface area contributed by atoms with Gasteiger partial charge in [-0.15, -0.1) is 0 Å². The molecule has 156 valence electrons. The number of piperazine rings is 1. The average molecular weight is 446 g/mol. The van der Waals surface area contributed by atoms with Crippen molar-refractivity contribution >= 4 is 40.5 Å². The van der Waals surface area contributed by atoms with Crippen molar-refractivity contribution in [1.82, 2.24) is 4.90 Å². The fourth-order valence-electron chi connectivity index (χ4n) is 3.17. The third-order valence-electron chi connectivity index (χ3n) is 4.77. The van der Waals surface area contributed by atoms with Gasteiger partial charge in [0.25, 0.3) is 0 Å². The Morgan fingerprint density at radius 3 is 2.45 bits per heavy atom. The summed E-state index contributed by atoms with van der Waals surface area (Å²) >= 11 is 12.0. The van der Waals surface area contributed by atoms with Crippen LogP contribution in [0, 0.1) is 0 Å². The van der Waals surface area contributed by atoms with Crippen LogP contribution < -0.4 is 10.2 Å². The summed E-state index contributed by atoms with van der Waals surface area (Å²) in [5.41, 5.74) is 0.389. The van der Waals surface area contributed by atoms with Crippen molar-refractivity contribution < 1.29 is 18.0 Å². The first-order chi connectivity index (χ1) is 13.7. The van der Waals surface area contributed by atoms with E-state index in [1.165, 1.54) is 12.1 Å². The van der Waals surface area contributed by atoms with E-state index in [2.05, 4.69) is 10.2 Å². The molecule has 9 heteroatoms. The molecule has 1 saturated heterocycles. The van der Waals surface area contributed by atoms with Gasteiger partial charge < -0.3 is 10.2 Å². The lowest BCUT2D eigenvalue weighted by molar-refractivity contribution is -0.137. The number of carbonyl (C=O) groups excluding carboxylic acids is 1. The number of rotatable bonds is 5. The Morgan fingerprint density at radius 1 is 1.03 bits per heavy atom. The molecule has 1 amide bonds. The zero-order chi connectivity index (χ0) is 21.0. The van der Waals surface area contributed by atoms with Crippen molar-refractivity contribution in [3.8, 4) is 0 Å². The highest BCUT2D eigenvalue weighted by Gasteiger charge is 2.31. The van der Waals surface area contributed by atoms with Crippen LogP contribution in [0.1, 0.15) is 12.0 Å². The summed E-state index contributed by atoms with van der Waals surface area (Å²) in [6.45, 7) is 3.09. The largest absolute Gasteiger partial charge is 0.416 e. The predicted octanol–water partition coefficient (Wildman–Crippen LogP) is 5.16. The zero-order valence-electron chi connectivity index (χ0n) is 15.5. The quantitative estimate of drug-likeness (QED) is 0.689. The molecule has 2 aromatic carbocycles. The molecule has 0 atom stereocenters. The number of halogens is 5. The van der Waals surface area contributed by atoms with E-state index in [1.807, 2.05) is 4.90 Å². The fourth-order valence-corrected chi connectivity index (χ4v) is 3.51. The predicted molar refractivity (Wildman–Crippen MR) is 110 cm³/mol. The van der Waals surface area contributed by atoms with E-state index >= 15 is 0 Å². The summed E-state index contributed by atoms with van der Waals surface area (Å²) in [6.07, 6.45) is -4.07. The highest BCUT2D eigenvalue weighted by molar-refractivity contribution is 6.35. The monoisotopic (exact) mass is 445 g/mol. The summed E-state index contributed by atoms with van der Waals surface area (Å²) in [5.74, 6) is -0.172. The lowest BCUT2D eigenvalue weighted by Crippen LogP contribution is -2.47. The number of alkyl halides is 3. The van der Waals surface area contributed by atoms with Gasteiger partial charge in [-0.05, 0) is 36.4 Å². The topological polar surface area (TPSA) is 35.6 Å². The molecule has 0 unspecified atom stereocenters. The highest BCUT2D eigenvalue weighted by Crippen LogP contribution is 2.32. The molecule has 1 N–H and O–H groups in total. The molecule has 0 saturated carbocycles. The summed E-state index contributed by atoms with van der Waals surface area (Å²) in [5, 5.41) is 3.64. The molecule has 1 heterocycles. The van der Waals surface area contributed by atoms with Crippen molar-refractivity contribution in [2.24, 2.45) is 0 Å². The van der Waals surface area contributed by atoms with E-state index in [0.717, 1.165) is 6.07 Å². The van der Waals surface area contributed by atoms with Crippen LogP contribution in [0.15, 0.2) is 42.5 Å². The molecule has 0 aliphatic carbocycles. The van der Waals surface area contributed by atoms with Crippen molar-refractivity contribution in [2.75, 3.05) is 42.9 Å². The van der Waals surface area contributed by atoms with Crippen LogP contribution in [0.2, 0.25) is 10.0 Å². The Balaban J connectivity index is 1.48. The highest BCUT2D eigenvalue weighted by atomic mass is 35.5. The van der Waals surface area contributed by atoms with E-state index in [9.17, 15) is 18.0 Å². The minimum atomic E-state index is -4.35. The van der Waals surface area contributed by atoms with E-state index in [1.54, 1.807) is 24.3 Å². The summed E-state index contributed by atoms with van der Waals surface area (Å²) in [4.78, 5) is 16.2. The SMILES string of the molecule is O=C(CCN1CCN(c2cccc(C(F)(F)F)c2)CC1)Nc1cc(Cl)ccc1Cl. The Labute approximate surface area is 177 Å². The van der Waals surface area contributed by atoms with Gasteiger partial charge in [0.05, 0.1) is 16.3 Å². The van der Waals surface area contributed by atoms with Gasteiger partial charge in [0, 0.05) is 49.9 Å². The van der Waals surface area contributed by atoms with Gasteiger partial charge in [-0.2, -0.15) is 13.2 Å². The number of hydrogen-bond acceptors (Lipinski definition) is 3. The summed E-state index contributed by atoms with van der Waals surface area (Å²) < 4.78 is 38.7. The van der Waals surface area contributed by atoms with E-state index < -0.39 is 11.7 Å². The molecule has 0 spiro atoms. The third-order valence-corrected chi connectivity index (χ3v) is 5.33. The first-order valence-electron chi connectivity index (χ1n) is 9.12. The number of anilines is 2. The van der Waals surface area contributed by atoms with Gasteiger partial charge >= 0.3 is 6.18 Å². The van der Waals surface area contributed by atoms with Crippen molar-refractivity contribution in [1.29, 1.82) is 0 Å². The first-order valence-corrected chi connectivity index (χ1v) is 9.87. The van der Waals surface area contributed by atoms with Crippen LogP contribution >= 0.6 is 23.2 Å². The molecular formula is C20H20Cl2F3N3O. The molecule has 1 aliphatic rings. The van der Waals surface area contributed by atoms with Crippen LogP contribution in [-0.4, -0.2) is 43.5 Å². The van der Waals surface area contributed by atoms with E-state index in [0.29, 0.717) is 54.1 Å². The zero-order valence-corrected chi connectivity index (χ0v) is 17.0. The van der Waals surface area contributed by atoms with Gasteiger partial charge in [0.1, 0.15) is 0 Å². The van der Waals surface area contributed by atoms with Crippen molar-refractivity contribution in [2.45, 2.75) is 12.6 Å². The van der Waals surface area contributed by atoms with Gasteiger partial charge in [0.2, 0.25) is 5.91 Å². The first kappa shape index (κ1) is 21.7. The Kier molecular flexibility index (Phi) is 6.93. The van der Waals surface area contributed by atoms with Crippen LogP contribution in [0.3, 0.4) is 0 Å². The number of nitrogens with zero attached hydrogens (tertiary/aromatic N) is 2. The molecule has 3 rings (SSSR count). The molecular weight excluding hydrogens is 426 g/mol. The number of nitrogens with one attached hydrogen (secondary N) is 1. The second-order valence-corrected chi connectivity index (χ2v) is 7.64. The number of amides is 1. The van der Waals surface area contributed by atoms with Crippen molar-refractivity contribution in [3.63, 3.8) is 0 Å². The van der Waals surface area contributed by atoms with Gasteiger partial charge in [-0.1, -0.05) is 29.3 Å². The maximum absolute atomic E-state index is 12.9. The van der Waals surface area contributed by atoms with Gasteiger partial charge in [-0.25, -0.2) is 0 Å². The second kappa shape index (κ2) is 9.24. The Morgan fingerprint density at radius 2 is 1.76 bits per heavy atom. The maximum atomic E-state index is 12.9. The third kappa shape index (κ3) is 6.01. The fraction of sp³-hybridized carbons (Fsp3) is 0.350. The van der Waals surface area contributed by atoms with E-state index in [-0.39, 0.29) is 12.3 Å². The second-order valence-electron chi connectivity index (χ2n) is 6.80. The smallest absolute Gasteiger partial charge is 0.369 e. The van der Waals surface area contributed by atoms with Crippen LogP contribution in [0.5, 0.6) is 0 Å². The molecule has 4 nitrogen and oxygen atoms in total. The molecule has 2 aromatic rings. The average Bonchev–Trinajstić information content (AvgIpc) is 2.69. The standard InChI is InChI=1S/C20H20Cl2F3N3O/c21-15-4-5-17(22)18(13-15)26-19(29)6-7-27-8-10-28(11-9-27)16-3-1-2-14(12-16)20(23,24)25/h1-5,12-13H,6-11H2,(H,26,29). The van der Waals surface area contributed by atoms with Crippen LogP contribution in [-0.2, 0) is 11.0 Å². The summed E-state index contributed by atoms with van der Waals surface area (Å²) in [6, 6.07) is 10.2. The van der Waals surface area contributed by atoms with Gasteiger partial charge in [-0.3, -0.25) is 9.69 Å². The Hall–Kier alpha value is -1.96. The van der Waals surface area contributed by atoms with Crippen molar-refractivity contribution in [3.05, 3.63) is 58.1 Å². The minimum absolute atomic E-state index is 0.172. The summed E-state index contributed by atoms with van der Waals surface area (Å²) in [7, 11) is 0. The molecule has 0 radical (unpaired) electrons. The lowest BCUT2D eigenvalue weighted by atomic mass is 10.1. The molecule has 1 aliphatic heterocycles. The molecule has 0 bridgehead atoms. The number of benzene rings is 2. The molecule has 1 fully saturated rings. The normalized spacial score (nSPS) is 15.4. The number of carbonyl (C=O) groups is 1. The minimum Gasteiger partial charge on any atom is -0.369 e. The maximum Gasteiger partial charge on any atom is 0.416 e.